The van der Waals surface area contributed by atoms with Crippen molar-refractivity contribution >= 4 is 17.3 Å². The summed E-state index contributed by atoms with van der Waals surface area (Å²) in [6.07, 6.45) is 3.48. The fourth-order valence-corrected chi connectivity index (χ4v) is 2.39. The highest BCUT2D eigenvalue weighted by Crippen LogP contribution is 2.23. The normalized spacial score (nSPS) is 10.6. The molecule has 2 aromatic rings. The summed E-state index contributed by atoms with van der Waals surface area (Å²) in [5, 5.41) is 13.0. The lowest BCUT2D eigenvalue weighted by molar-refractivity contribution is 0.0702. The van der Waals surface area contributed by atoms with Crippen molar-refractivity contribution in [2.24, 2.45) is 0 Å². The topological polar surface area (TPSA) is 64.3 Å². The van der Waals surface area contributed by atoms with E-state index in [1.807, 2.05) is 20.0 Å². The van der Waals surface area contributed by atoms with Crippen molar-refractivity contribution in [3.05, 3.63) is 33.8 Å². The second kappa shape index (κ2) is 5.22. The zero-order chi connectivity index (χ0) is 13.1. The number of ether oxygens (including phenoxy) is 1. The highest BCUT2D eigenvalue weighted by atomic mass is 32.1. The Bertz CT molecular complexity index is 559. The molecular weight excluding hydrogens is 252 g/mol. The maximum absolute atomic E-state index is 10.8. The molecule has 6 heteroatoms. The number of aromatic carboxylic acids is 1. The van der Waals surface area contributed by atoms with E-state index in [0.29, 0.717) is 17.2 Å². The summed E-state index contributed by atoms with van der Waals surface area (Å²) >= 11 is 1.27. The molecule has 18 heavy (non-hydrogen) atoms. The maximum atomic E-state index is 10.8. The molecule has 2 heterocycles. The molecule has 0 aromatic carbocycles. The molecule has 2 aromatic heterocycles. The van der Waals surface area contributed by atoms with Crippen molar-refractivity contribution in [3.63, 3.8) is 0 Å². The molecule has 0 radical (unpaired) electrons. The lowest BCUT2D eigenvalue weighted by atomic mass is 10.2. The Hall–Kier alpha value is -1.82. The largest absolute Gasteiger partial charge is 0.486 e. The van der Waals surface area contributed by atoms with Crippen LogP contribution < -0.4 is 4.74 Å². The van der Waals surface area contributed by atoms with Crippen LogP contribution in [0.4, 0.5) is 0 Å². The number of thiophene rings is 1. The monoisotopic (exact) mass is 266 g/mol. The molecule has 0 atom stereocenters. The van der Waals surface area contributed by atoms with Crippen molar-refractivity contribution in [3.8, 4) is 5.75 Å². The minimum atomic E-state index is -0.895. The fourth-order valence-electron chi connectivity index (χ4n) is 1.52. The van der Waals surface area contributed by atoms with Gasteiger partial charge in [0.1, 0.15) is 11.5 Å². The number of carbonyl (C=O) groups is 1. The Labute approximate surface area is 109 Å². The van der Waals surface area contributed by atoms with Gasteiger partial charge >= 0.3 is 5.97 Å². The summed E-state index contributed by atoms with van der Waals surface area (Å²) in [7, 11) is 0. The van der Waals surface area contributed by atoms with E-state index in [9.17, 15) is 4.79 Å². The van der Waals surface area contributed by atoms with Crippen molar-refractivity contribution in [1.82, 2.24) is 9.78 Å². The third kappa shape index (κ3) is 2.70. The van der Waals surface area contributed by atoms with Gasteiger partial charge in [-0.15, -0.1) is 11.3 Å². The number of hydrogen-bond acceptors (Lipinski definition) is 4. The van der Waals surface area contributed by atoms with Gasteiger partial charge in [0, 0.05) is 17.0 Å². The van der Waals surface area contributed by atoms with Gasteiger partial charge in [-0.25, -0.2) is 4.79 Å². The van der Waals surface area contributed by atoms with Gasteiger partial charge in [-0.3, -0.25) is 4.68 Å². The molecule has 5 nitrogen and oxygen atoms in total. The molecule has 0 fully saturated rings. The second-order valence-corrected chi connectivity index (χ2v) is 5.07. The molecule has 0 spiro atoms. The van der Waals surface area contributed by atoms with Gasteiger partial charge < -0.3 is 9.84 Å². The van der Waals surface area contributed by atoms with Crippen molar-refractivity contribution in [2.45, 2.75) is 27.0 Å². The van der Waals surface area contributed by atoms with E-state index in [-0.39, 0.29) is 0 Å². The van der Waals surface area contributed by atoms with Crippen LogP contribution in [0.3, 0.4) is 0 Å². The molecule has 0 amide bonds. The predicted octanol–water partition coefficient (Wildman–Crippen LogP) is 2.55. The summed E-state index contributed by atoms with van der Waals surface area (Å²) in [6, 6.07) is 1.66. The van der Waals surface area contributed by atoms with Crippen molar-refractivity contribution in [1.29, 1.82) is 0 Å². The summed E-state index contributed by atoms with van der Waals surface area (Å²) in [6.45, 7) is 5.05. The van der Waals surface area contributed by atoms with Gasteiger partial charge in [-0.05, 0) is 19.9 Å². The highest BCUT2D eigenvalue weighted by Gasteiger charge is 2.11. The number of hydrogen-bond donors (Lipinski definition) is 1. The number of aryl methyl sites for hydroxylation is 2. The van der Waals surface area contributed by atoms with E-state index in [1.54, 1.807) is 16.9 Å². The van der Waals surface area contributed by atoms with Gasteiger partial charge in [0.25, 0.3) is 0 Å². The third-order valence-electron chi connectivity index (χ3n) is 2.56. The molecule has 96 valence electrons. The zero-order valence-electron chi connectivity index (χ0n) is 10.2. The van der Waals surface area contributed by atoms with E-state index in [0.717, 1.165) is 17.0 Å². The van der Waals surface area contributed by atoms with Gasteiger partial charge in [0.2, 0.25) is 0 Å². The number of aromatic nitrogens is 2. The number of rotatable bonds is 5. The summed E-state index contributed by atoms with van der Waals surface area (Å²) in [5.41, 5.74) is 0.904. The van der Waals surface area contributed by atoms with Gasteiger partial charge in [-0.1, -0.05) is 0 Å². The Morgan fingerprint density at radius 1 is 1.61 bits per heavy atom. The Balaban J connectivity index is 2.03. The minimum absolute atomic E-state index is 0.343. The Morgan fingerprint density at radius 3 is 2.94 bits per heavy atom. The SMILES string of the molecule is CCn1cc(OCc2cc(C(=O)O)sc2C)cn1. The van der Waals surface area contributed by atoms with E-state index >= 15 is 0 Å². The standard InChI is InChI=1S/C12H14N2O3S/c1-3-14-6-10(5-13-14)17-7-9-4-11(12(15)16)18-8(9)2/h4-6H,3,7H2,1-2H3,(H,15,16). The first-order chi connectivity index (χ1) is 8.60. The molecule has 0 unspecified atom stereocenters. The summed E-state index contributed by atoms with van der Waals surface area (Å²) in [5.74, 6) is -0.201. The van der Waals surface area contributed by atoms with Crippen molar-refractivity contribution < 1.29 is 14.6 Å². The lowest BCUT2D eigenvalue weighted by Gasteiger charge is -2.01. The smallest absolute Gasteiger partial charge is 0.345 e. The van der Waals surface area contributed by atoms with Crippen LogP contribution in [0.2, 0.25) is 0 Å². The second-order valence-electron chi connectivity index (χ2n) is 3.82. The Kier molecular flexibility index (Phi) is 3.66. The minimum Gasteiger partial charge on any atom is -0.486 e. The van der Waals surface area contributed by atoms with Crippen LogP contribution in [-0.4, -0.2) is 20.9 Å². The first-order valence-electron chi connectivity index (χ1n) is 5.58. The first kappa shape index (κ1) is 12.6. The third-order valence-corrected chi connectivity index (χ3v) is 3.64. The molecule has 0 saturated carbocycles. The maximum Gasteiger partial charge on any atom is 0.345 e. The van der Waals surface area contributed by atoms with Crippen LogP contribution in [0.25, 0.3) is 0 Å². The predicted molar refractivity (Wildman–Crippen MR) is 68.2 cm³/mol. The average Bonchev–Trinajstić information content (AvgIpc) is 2.93. The molecule has 0 aliphatic heterocycles. The number of carboxylic acids is 1. The van der Waals surface area contributed by atoms with Crippen LogP contribution in [0.5, 0.6) is 5.75 Å². The van der Waals surface area contributed by atoms with E-state index in [1.165, 1.54) is 11.3 Å². The van der Waals surface area contributed by atoms with Gasteiger partial charge in [0.15, 0.2) is 5.75 Å². The highest BCUT2D eigenvalue weighted by molar-refractivity contribution is 7.14. The van der Waals surface area contributed by atoms with Crippen molar-refractivity contribution in [2.75, 3.05) is 0 Å². The fraction of sp³-hybridized carbons (Fsp3) is 0.333. The molecule has 2 rings (SSSR count). The van der Waals surface area contributed by atoms with E-state index < -0.39 is 5.97 Å². The number of nitrogens with zero attached hydrogens (tertiary/aromatic N) is 2. The van der Waals surface area contributed by atoms with Crippen LogP contribution >= 0.6 is 11.3 Å². The van der Waals surface area contributed by atoms with E-state index in [4.69, 9.17) is 9.84 Å². The van der Waals surface area contributed by atoms with Crippen LogP contribution in [-0.2, 0) is 13.2 Å². The summed E-state index contributed by atoms with van der Waals surface area (Å²) < 4.78 is 7.36. The lowest BCUT2D eigenvalue weighted by Crippen LogP contribution is -1.96. The molecule has 0 bridgehead atoms. The van der Waals surface area contributed by atoms with Crippen LogP contribution in [0.15, 0.2) is 18.5 Å². The van der Waals surface area contributed by atoms with Gasteiger partial charge in [-0.2, -0.15) is 5.10 Å². The zero-order valence-corrected chi connectivity index (χ0v) is 11.0. The summed E-state index contributed by atoms with van der Waals surface area (Å²) in [4.78, 5) is 12.1. The Morgan fingerprint density at radius 2 is 2.39 bits per heavy atom. The van der Waals surface area contributed by atoms with Gasteiger partial charge in [0.05, 0.1) is 12.4 Å². The molecule has 0 aliphatic rings. The molecule has 0 aliphatic carbocycles. The van der Waals surface area contributed by atoms with Crippen LogP contribution in [0, 0.1) is 6.92 Å². The average molecular weight is 266 g/mol. The molecular formula is C12H14N2O3S. The quantitative estimate of drug-likeness (QED) is 0.903. The number of carboxylic acid groups (broad SMARTS) is 1. The molecule has 0 saturated heterocycles. The first-order valence-corrected chi connectivity index (χ1v) is 6.39. The van der Waals surface area contributed by atoms with Crippen LogP contribution in [0.1, 0.15) is 27.0 Å². The molecule has 1 N–H and O–H groups in total. The van der Waals surface area contributed by atoms with E-state index in [2.05, 4.69) is 5.10 Å².